The summed E-state index contributed by atoms with van der Waals surface area (Å²) in [5, 5.41) is 24.1. The third-order valence-electron chi connectivity index (χ3n) is 13.3. The summed E-state index contributed by atoms with van der Waals surface area (Å²) in [4.78, 5) is 51.2. The zero-order valence-corrected chi connectivity index (χ0v) is 46.5. The van der Waals surface area contributed by atoms with Crippen LogP contribution in [0.5, 0.6) is 0 Å². The molecule has 8 rings (SSSR count). The van der Waals surface area contributed by atoms with E-state index in [1.807, 2.05) is 109 Å². The Morgan fingerprint density at radius 3 is 1.34 bits per heavy atom. The molecule has 2 aliphatic rings. The molecule has 0 spiro atoms. The van der Waals surface area contributed by atoms with Crippen molar-refractivity contribution >= 4 is 75.6 Å². The van der Waals surface area contributed by atoms with Gasteiger partial charge in [-0.1, -0.05) is 185 Å². The topological polar surface area (TPSA) is 170 Å². The lowest BCUT2D eigenvalue weighted by molar-refractivity contribution is -0.142. The first kappa shape index (κ1) is 56.1. The number of hydrogen-bond acceptors (Lipinski definition) is 13. The minimum atomic E-state index is -1.81. The van der Waals surface area contributed by atoms with Gasteiger partial charge < -0.3 is 39.5 Å². The number of esters is 1. The van der Waals surface area contributed by atoms with Crippen LogP contribution in [-0.4, -0.2) is 86.6 Å². The summed E-state index contributed by atoms with van der Waals surface area (Å²) in [7, 11) is 5.23. The molecule has 0 aromatic heterocycles. The van der Waals surface area contributed by atoms with Crippen LogP contribution in [0.3, 0.4) is 0 Å². The number of amides is 2. The Morgan fingerprint density at radius 2 is 0.959 bits per heavy atom. The molecule has 0 saturated carbocycles. The number of nitrogens with one attached hydrogen (secondary N) is 2. The highest BCUT2D eigenvalue weighted by Gasteiger charge is 2.37. The minimum Gasteiger partial charge on any atom is -0.480 e. The lowest BCUT2D eigenvalue weighted by atomic mass is 9.98. The van der Waals surface area contributed by atoms with Crippen LogP contribution in [0.4, 0.5) is 9.59 Å². The number of fused-ring (bicyclic) bond motifs is 6. The molecule has 6 aromatic rings. The lowest BCUT2D eigenvalue weighted by Crippen LogP contribution is -2.43. The van der Waals surface area contributed by atoms with E-state index in [1.165, 1.54) is 50.3 Å². The number of alkyl carbamates (subject to hydrolysis) is 2. The molecule has 0 radical (unpaired) electrons. The van der Waals surface area contributed by atoms with E-state index in [9.17, 15) is 24.3 Å². The molecule has 12 nitrogen and oxygen atoms in total. The van der Waals surface area contributed by atoms with Crippen LogP contribution in [0.1, 0.15) is 66.0 Å². The molecule has 0 aliphatic heterocycles. The standard InChI is InChI=1S/C31H37NO5S2Si.C26H25NO5S2/c1-31(2,3)40(4,5)37-18-21-14-16-22(17-15-21)39-38-20-28(29(33)34)32-30(35)36-19-27-25-12-8-6-10-23(25)24-11-7-9-13-26(24)27;1-31-25(29)24(16-33-34-18-12-10-17(14-28)11-13-18)27-26(30)32-15-23-21-8-4-2-6-19(21)20-7-3-5-9-22(20)23/h6-17,27-28H,18-20H2,1-5H3,(H,32,35)(H,33,34);2-13,23-24,28H,14-16H2,1H3,(H,27,30). The van der Waals surface area contributed by atoms with Crippen LogP contribution in [0.25, 0.3) is 22.3 Å². The second-order valence-electron chi connectivity index (χ2n) is 19.1. The number of carboxylic acids is 1. The zero-order chi connectivity index (χ0) is 52.8. The Kier molecular flexibility index (Phi) is 19.9. The van der Waals surface area contributed by atoms with Gasteiger partial charge in [-0.25, -0.2) is 19.2 Å². The highest BCUT2D eigenvalue weighted by atomic mass is 33.1. The summed E-state index contributed by atoms with van der Waals surface area (Å²) in [5.41, 5.74) is 11.0. The van der Waals surface area contributed by atoms with E-state index in [0.29, 0.717) is 12.4 Å². The first-order valence-corrected chi connectivity index (χ1v) is 31.7. The predicted molar refractivity (Wildman–Crippen MR) is 301 cm³/mol. The van der Waals surface area contributed by atoms with Gasteiger partial charge in [0, 0.05) is 33.1 Å². The Morgan fingerprint density at radius 1 is 0.581 bits per heavy atom. The van der Waals surface area contributed by atoms with Gasteiger partial charge in [-0.3, -0.25) is 0 Å². The van der Waals surface area contributed by atoms with Crippen molar-refractivity contribution in [2.45, 2.75) is 85.8 Å². The fourth-order valence-corrected chi connectivity index (χ4v) is 13.5. The van der Waals surface area contributed by atoms with Crippen molar-refractivity contribution in [3.63, 3.8) is 0 Å². The van der Waals surface area contributed by atoms with Gasteiger partial charge in [-0.2, -0.15) is 0 Å². The number of hydrogen-bond donors (Lipinski definition) is 4. The van der Waals surface area contributed by atoms with Crippen molar-refractivity contribution in [2.75, 3.05) is 31.8 Å². The Labute approximate surface area is 450 Å². The van der Waals surface area contributed by atoms with E-state index in [2.05, 4.69) is 80.9 Å². The van der Waals surface area contributed by atoms with E-state index >= 15 is 0 Å². The molecular weight excluding hydrogens is 1030 g/mol. The number of benzene rings is 6. The first-order chi connectivity index (χ1) is 35.6. The molecule has 2 amide bonds. The number of methoxy groups -OCH3 is 1. The average Bonchev–Trinajstić information content (AvgIpc) is 3.90. The molecule has 2 aliphatic carbocycles. The largest absolute Gasteiger partial charge is 0.480 e. The second kappa shape index (κ2) is 26.2. The molecule has 0 heterocycles. The fraction of sp³-hybridized carbons (Fsp3) is 0.298. The van der Waals surface area contributed by atoms with Gasteiger partial charge in [-0.15, -0.1) is 0 Å². The van der Waals surface area contributed by atoms with Crippen LogP contribution in [0.2, 0.25) is 18.1 Å². The van der Waals surface area contributed by atoms with Gasteiger partial charge in [0.1, 0.15) is 25.3 Å². The molecule has 2 unspecified atom stereocenters. The molecule has 74 heavy (non-hydrogen) atoms. The molecular formula is C57H62N2O10S4Si. The van der Waals surface area contributed by atoms with Crippen LogP contribution >= 0.6 is 43.2 Å². The van der Waals surface area contributed by atoms with Gasteiger partial charge >= 0.3 is 24.1 Å². The number of carboxylic acid groups (broad SMARTS) is 1. The van der Waals surface area contributed by atoms with Crippen LogP contribution < -0.4 is 10.6 Å². The maximum Gasteiger partial charge on any atom is 0.407 e. The van der Waals surface area contributed by atoms with Crippen LogP contribution in [0.15, 0.2) is 155 Å². The molecule has 6 aromatic carbocycles. The van der Waals surface area contributed by atoms with Gasteiger partial charge in [-0.05, 0) is 98.0 Å². The number of aliphatic carboxylic acids is 1. The van der Waals surface area contributed by atoms with E-state index < -0.39 is 44.5 Å². The van der Waals surface area contributed by atoms with Crippen molar-refractivity contribution in [1.82, 2.24) is 10.6 Å². The maximum absolute atomic E-state index is 12.6. The average molecular weight is 1090 g/mol. The zero-order valence-electron chi connectivity index (χ0n) is 42.2. The summed E-state index contributed by atoms with van der Waals surface area (Å²) < 4.78 is 22.2. The Bertz CT molecular complexity index is 2790. The lowest BCUT2D eigenvalue weighted by Gasteiger charge is -2.36. The smallest absolute Gasteiger partial charge is 0.407 e. The number of carbonyl (C=O) groups excluding carboxylic acids is 3. The maximum atomic E-state index is 12.6. The van der Waals surface area contributed by atoms with Gasteiger partial charge in [0.25, 0.3) is 0 Å². The molecule has 2 atom stereocenters. The molecule has 17 heteroatoms. The van der Waals surface area contributed by atoms with Crippen LogP contribution in [0, 0.1) is 0 Å². The fourth-order valence-electron chi connectivity index (χ4n) is 8.16. The summed E-state index contributed by atoms with van der Waals surface area (Å²) >= 11 is 0. The molecule has 388 valence electrons. The third-order valence-corrected chi connectivity index (χ3v) is 22.5. The normalized spacial score (nSPS) is 13.4. The molecule has 4 N–H and O–H groups in total. The number of rotatable bonds is 20. The monoisotopic (exact) mass is 1090 g/mol. The number of aliphatic hydroxyl groups is 1. The second-order valence-corrected chi connectivity index (χ2v) is 28.8. The SMILES string of the molecule is CC(C)(C)[Si](C)(C)OCc1ccc(SSCC(NC(=O)OCC2c3ccccc3-c3ccccc32)C(=O)O)cc1.COC(=O)C(CSSc1ccc(CO)cc1)NC(=O)OCC1c2ccccc2-c2ccccc21. The highest BCUT2D eigenvalue weighted by molar-refractivity contribution is 8.77. The van der Waals surface area contributed by atoms with E-state index in [4.69, 9.17) is 23.7 Å². The van der Waals surface area contributed by atoms with Crippen molar-refractivity contribution in [3.05, 3.63) is 179 Å². The summed E-state index contributed by atoms with van der Waals surface area (Å²) in [6.45, 7) is 12.0. The number of ether oxygens (including phenoxy) is 3. The number of carbonyl (C=O) groups is 4. The van der Waals surface area contributed by atoms with Gasteiger partial charge in [0.15, 0.2) is 8.32 Å². The van der Waals surface area contributed by atoms with E-state index in [0.717, 1.165) is 65.4 Å². The third kappa shape index (κ3) is 14.6. The molecule has 0 saturated heterocycles. The van der Waals surface area contributed by atoms with Crippen molar-refractivity contribution in [2.24, 2.45) is 0 Å². The van der Waals surface area contributed by atoms with E-state index in [-0.39, 0.29) is 42.4 Å². The van der Waals surface area contributed by atoms with Crippen molar-refractivity contribution in [3.8, 4) is 22.3 Å². The highest BCUT2D eigenvalue weighted by Crippen LogP contribution is 2.46. The molecule has 0 bridgehead atoms. The van der Waals surface area contributed by atoms with Crippen LogP contribution in [-0.2, 0) is 41.4 Å². The van der Waals surface area contributed by atoms with E-state index in [1.54, 1.807) is 0 Å². The van der Waals surface area contributed by atoms with Crippen molar-refractivity contribution in [1.29, 1.82) is 0 Å². The summed E-state index contributed by atoms with van der Waals surface area (Å²) in [5.74, 6) is -1.26. The predicted octanol–water partition coefficient (Wildman–Crippen LogP) is 12.9. The minimum absolute atomic E-state index is 0.00738. The number of aliphatic hydroxyl groups excluding tert-OH is 1. The molecule has 0 fully saturated rings. The quantitative estimate of drug-likeness (QED) is 0.0246. The summed E-state index contributed by atoms with van der Waals surface area (Å²) in [6, 6.07) is 46.1. The van der Waals surface area contributed by atoms with Gasteiger partial charge in [0.05, 0.1) is 20.3 Å². The Balaban J connectivity index is 0.000000219. The van der Waals surface area contributed by atoms with Crippen molar-refractivity contribution < 1.29 is 48.0 Å². The summed E-state index contributed by atoms with van der Waals surface area (Å²) in [6.07, 6.45) is -1.39. The Hall–Kier alpha value is -5.66. The van der Waals surface area contributed by atoms with Gasteiger partial charge in [0.2, 0.25) is 0 Å². The first-order valence-electron chi connectivity index (χ1n) is 24.1.